The van der Waals surface area contributed by atoms with Crippen LogP contribution in [-0.2, 0) is 14.3 Å². The van der Waals surface area contributed by atoms with Crippen LogP contribution in [0.5, 0.6) is 6.01 Å². The van der Waals surface area contributed by atoms with Crippen molar-refractivity contribution in [2.75, 3.05) is 37.7 Å². The number of fused-ring (bicyclic) bond motifs is 5. The van der Waals surface area contributed by atoms with Gasteiger partial charge in [0.25, 0.3) is 5.91 Å². The van der Waals surface area contributed by atoms with E-state index < -0.39 is 11.9 Å². The number of carbonyl (C=O) groups excluding carboxylic acids is 2. The highest BCUT2D eigenvalue weighted by Crippen LogP contribution is 2.41. The van der Waals surface area contributed by atoms with Crippen LogP contribution < -0.4 is 9.64 Å². The average Bonchev–Trinajstić information content (AvgIpc) is 3.75. The number of halogens is 1. The maximum Gasteiger partial charge on any atom is 0.319 e. The number of benzene rings is 2. The fourth-order valence-electron chi connectivity index (χ4n) is 8.87. The molecule has 5 aliphatic heterocycles. The molecule has 48 heavy (non-hydrogen) atoms. The molecule has 2 aromatic heterocycles. The summed E-state index contributed by atoms with van der Waals surface area (Å²) in [6.07, 6.45) is 13.0. The van der Waals surface area contributed by atoms with Crippen molar-refractivity contribution in [2.24, 2.45) is 0 Å². The van der Waals surface area contributed by atoms with E-state index in [2.05, 4.69) is 20.7 Å². The van der Waals surface area contributed by atoms with E-state index in [1.165, 1.54) is 0 Å². The van der Waals surface area contributed by atoms with Crippen molar-refractivity contribution in [3.05, 3.63) is 54.0 Å². The van der Waals surface area contributed by atoms with E-state index in [9.17, 15) is 9.59 Å². The molecule has 244 valence electrons. The van der Waals surface area contributed by atoms with E-state index in [0.717, 1.165) is 62.4 Å². The molecule has 2 bridgehead atoms. The molecule has 1 amide bonds. The number of aromatic nitrogens is 3. The number of terminal acetylenes is 1. The molecule has 0 N–H and O–H groups in total. The molecule has 11 heteroatoms. The number of nitrogens with zero attached hydrogens (tertiary/aromatic N) is 6. The number of pyridine rings is 1. The van der Waals surface area contributed by atoms with Gasteiger partial charge in [-0.15, -0.1) is 6.42 Å². The standard InChI is InChI=1S/C37H35FN6O4/c1-2-22-7-3-8-23-9-4-10-26(30(22)23)32-31(38)33-27(18-39-32)34(41-36(40-33)47-21-37-13-5-15-43(37)16-6-14-37)42-19-24-11-12-25(20-42)44(24)35(46)28-17-29(45)48-28/h1,3-4,7-10,18,24-25,28H,5-6,11-17,19-21H2/t24-,25+,28?. The molecule has 0 radical (unpaired) electrons. The van der Waals surface area contributed by atoms with Gasteiger partial charge >= 0.3 is 12.0 Å². The molecule has 5 fully saturated rings. The van der Waals surface area contributed by atoms with E-state index in [1.807, 2.05) is 41.3 Å². The topological polar surface area (TPSA) is 101 Å². The van der Waals surface area contributed by atoms with Gasteiger partial charge in [-0.25, -0.2) is 4.39 Å². The van der Waals surface area contributed by atoms with Gasteiger partial charge in [-0.3, -0.25) is 19.5 Å². The number of carbonyl (C=O) groups is 2. The minimum Gasteiger partial charge on any atom is -0.461 e. The Morgan fingerprint density at radius 2 is 1.81 bits per heavy atom. The maximum atomic E-state index is 16.9. The molecule has 5 aliphatic rings. The van der Waals surface area contributed by atoms with Gasteiger partial charge in [-0.1, -0.05) is 36.3 Å². The number of hydrogen-bond donors (Lipinski definition) is 0. The maximum absolute atomic E-state index is 16.9. The van der Waals surface area contributed by atoms with Crippen LogP contribution in [0.4, 0.5) is 10.2 Å². The van der Waals surface area contributed by atoms with Crippen molar-refractivity contribution < 1.29 is 23.5 Å². The van der Waals surface area contributed by atoms with Crippen LogP contribution in [0, 0.1) is 18.2 Å². The van der Waals surface area contributed by atoms with Crippen LogP contribution in [0.2, 0.25) is 0 Å². The predicted molar refractivity (Wildman–Crippen MR) is 177 cm³/mol. The normalized spacial score (nSPS) is 24.4. The summed E-state index contributed by atoms with van der Waals surface area (Å²) in [4.78, 5) is 45.5. The van der Waals surface area contributed by atoms with Gasteiger partial charge in [0.15, 0.2) is 11.9 Å². The molecule has 1 unspecified atom stereocenters. The smallest absolute Gasteiger partial charge is 0.319 e. The third kappa shape index (κ3) is 4.53. The van der Waals surface area contributed by atoms with Crippen molar-refractivity contribution in [3.63, 3.8) is 0 Å². The largest absolute Gasteiger partial charge is 0.461 e. The van der Waals surface area contributed by atoms with Gasteiger partial charge in [0.1, 0.15) is 23.6 Å². The van der Waals surface area contributed by atoms with Gasteiger partial charge in [0, 0.05) is 47.9 Å². The highest BCUT2D eigenvalue weighted by Gasteiger charge is 2.49. The SMILES string of the molecule is C#Cc1cccc2cccc(-c3ncc4c(N5C[C@H]6CC[C@@H](C5)N6C(=O)C5CC(=O)O5)nc(OCC56CCCN5CCC6)nc4c3F)c12. The Labute approximate surface area is 277 Å². The van der Waals surface area contributed by atoms with E-state index >= 15 is 4.39 Å². The lowest BCUT2D eigenvalue weighted by atomic mass is 9.95. The highest BCUT2D eigenvalue weighted by molar-refractivity contribution is 6.02. The minimum atomic E-state index is -0.696. The summed E-state index contributed by atoms with van der Waals surface area (Å²) in [5.74, 6) is 2.25. The van der Waals surface area contributed by atoms with E-state index in [1.54, 1.807) is 6.20 Å². The fourth-order valence-corrected chi connectivity index (χ4v) is 8.87. The second-order valence-corrected chi connectivity index (χ2v) is 13.8. The number of rotatable bonds is 6. The first-order valence-electron chi connectivity index (χ1n) is 16.9. The first-order chi connectivity index (χ1) is 23.4. The number of hydrogen-bond acceptors (Lipinski definition) is 9. The number of piperazine rings is 1. The van der Waals surface area contributed by atoms with Crippen molar-refractivity contribution in [1.82, 2.24) is 24.8 Å². The molecule has 0 aliphatic carbocycles. The summed E-state index contributed by atoms with van der Waals surface area (Å²) in [6, 6.07) is 11.3. The molecule has 2 aromatic carbocycles. The summed E-state index contributed by atoms with van der Waals surface area (Å²) in [5, 5.41) is 2.14. The Morgan fingerprint density at radius 3 is 2.52 bits per heavy atom. The molecule has 0 spiro atoms. The summed E-state index contributed by atoms with van der Waals surface area (Å²) >= 11 is 0. The molecule has 10 nitrogen and oxygen atoms in total. The van der Waals surface area contributed by atoms with Crippen LogP contribution in [0.1, 0.15) is 50.5 Å². The molecular weight excluding hydrogens is 611 g/mol. The Kier molecular flexibility index (Phi) is 6.80. The van der Waals surface area contributed by atoms with Crippen LogP contribution >= 0.6 is 0 Å². The second kappa shape index (κ2) is 11.1. The lowest BCUT2D eigenvalue weighted by molar-refractivity contribution is -0.180. The number of cyclic esters (lactones) is 1. The number of esters is 1. The summed E-state index contributed by atoms with van der Waals surface area (Å²) in [7, 11) is 0. The zero-order valence-corrected chi connectivity index (χ0v) is 26.5. The van der Waals surface area contributed by atoms with Gasteiger partial charge in [0.2, 0.25) is 0 Å². The molecule has 7 heterocycles. The predicted octanol–water partition coefficient (Wildman–Crippen LogP) is 4.47. The van der Waals surface area contributed by atoms with E-state index in [4.69, 9.17) is 25.9 Å². The zero-order chi connectivity index (χ0) is 32.6. The molecule has 5 saturated heterocycles. The van der Waals surface area contributed by atoms with Gasteiger partial charge < -0.3 is 19.3 Å². The van der Waals surface area contributed by atoms with Gasteiger partial charge in [-0.2, -0.15) is 9.97 Å². The van der Waals surface area contributed by atoms with Crippen molar-refractivity contribution in [3.8, 4) is 29.6 Å². The number of ether oxygens (including phenoxy) is 2. The number of amides is 1. The monoisotopic (exact) mass is 646 g/mol. The molecular formula is C37H35FN6O4. The Hall–Kier alpha value is -4.82. The molecule has 3 atom stereocenters. The van der Waals surface area contributed by atoms with Gasteiger partial charge in [-0.05, 0) is 63.1 Å². The second-order valence-electron chi connectivity index (χ2n) is 13.8. The Morgan fingerprint density at radius 1 is 1.08 bits per heavy atom. The third-order valence-electron chi connectivity index (χ3n) is 11.2. The van der Waals surface area contributed by atoms with Crippen molar-refractivity contribution in [1.29, 1.82) is 0 Å². The van der Waals surface area contributed by atoms with Crippen molar-refractivity contribution >= 4 is 39.4 Å². The molecule has 9 rings (SSSR count). The van der Waals surface area contributed by atoms with Crippen molar-refractivity contribution in [2.45, 2.75) is 68.7 Å². The highest BCUT2D eigenvalue weighted by atomic mass is 19.1. The summed E-state index contributed by atoms with van der Waals surface area (Å²) in [5.41, 5.74) is 1.51. The van der Waals surface area contributed by atoms with Gasteiger partial charge in [0.05, 0.1) is 17.3 Å². The molecule has 4 aromatic rings. The Balaban J connectivity index is 1.12. The van der Waals surface area contributed by atoms with Crippen LogP contribution in [0.3, 0.4) is 0 Å². The first-order valence-corrected chi connectivity index (χ1v) is 16.9. The third-order valence-corrected chi connectivity index (χ3v) is 11.2. The van der Waals surface area contributed by atoms with Crippen LogP contribution in [0.15, 0.2) is 42.6 Å². The minimum absolute atomic E-state index is 0.0366. The zero-order valence-electron chi connectivity index (χ0n) is 26.5. The fraction of sp³-hybridized carbons (Fsp3) is 0.432. The lowest BCUT2D eigenvalue weighted by Gasteiger charge is -2.43. The number of anilines is 1. The quantitative estimate of drug-likeness (QED) is 0.222. The average molecular weight is 647 g/mol. The van der Waals surface area contributed by atoms with E-state index in [-0.39, 0.29) is 53.1 Å². The van der Waals surface area contributed by atoms with Crippen LogP contribution in [-0.4, -0.2) is 93.1 Å². The van der Waals surface area contributed by atoms with Crippen LogP contribution in [0.25, 0.3) is 32.9 Å². The van der Waals surface area contributed by atoms with E-state index in [0.29, 0.717) is 42.0 Å². The summed E-state index contributed by atoms with van der Waals surface area (Å²) in [6.45, 7) is 3.58. The summed E-state index contributed by atoms with van der Waals surface area (Å²) < 4.78 is 28.5. The first kappa shape index (κ1) is 29.3. The lowest BCUT2D eigenvalue weighted by Crippen LogP contribution is -2.60. The molecule has 0 saturated carbocycles. The Bertz CT molecular complexity index is 2010.